The number of halogens is 4. The Morgan fingerprint density at radius 3 is 2.36 bits per heavy atom. The highest BCUT2D eigenvalue weighted by Gasteiger charge is 2.31. The molecule has 0 saturated carbocycles. The predicted octanol–water partition coefficient (Wildman–Crippen LogP) is 4.93. The van der Waals surface area contributed by atoms with Crippen LogP contribution in [0.25, 0.3) is 0 Å². The van der Waals surface area contributed by atoms with E-state index in [4.69, 9.17) is 5.73 Å². The molecule has 0 fully saturated rings. The van der Waals surface area contributed by atoms with Crippen molar-refractivity contribution in [3.63, 3.8) is 0 Å². The molecule has 0 aliphatic heterocycles. The topological polar surface area (TPSA) is 46.3 Å². The van der Waals surface area contributed by atoms with Crippen LogP contribution in [0.2, 0.25) is 0 Å². The van der Waals surface area contributed by atoms with Gasteiger partial charge in [-0.1, -0.05) is 18.2 Å². The van der Waals surface area contributed by atoms with Crippen LogP contribution in [0.3, 0.4) is 0 Å². The highest BCUT2D eigenvalue weighted by Crippen LogP contribution is 2.32. The lowest BCUT2D eigenvalue weighted by molar-refractivity contribution is -0.137. The van der Waals surface area contributed by atoms with Crippen molar-refractivity contribution in [2.45, 2.75) is 26.1 Å². The third kappa shape index (κ3) is 4.89. The zero-order valence-corrected chi connectivity index (χ0v) is 14.7. The summed E-state index contributed by atoms with van der Waals surface area (Å²) in [6.07, 6.45) is -4.41. The van der Waals surface area contributed by atoms with E-state index in [-0.39, 0.29) is 18.3 Å². The fraction of sp³-hybridized carbons (Fsp3) is 0.278. The Balaban J connectivity index is 0.00000312. The van der Waals surface area contributed by atoms with E-state index in [9.17, 15) is 18.0 Å². The largest absolute Gasteiger partial charge is 0.416 e. The number of rotatable bonds is 4. The first-order valence-corrected chi connectivity index (χ1v) is 7.57. The minimum atomic E-state index is -4.41. The fourth-order valence-corrected chi connectivity index (χ4v) is 2.59. The molecule has 3 nitrogen and oxygen atoms in total. The van der Waals surface area contributed by atoms with Gasteiger partial charge in [-0.05, 0) is 49.7 Å². The van der Waals surface area contributed by atoms with Crippen LogP contribution in [-0.4, -0.2) is 17.4 Å². The van der Waals surface area contributed by atoms with Crippen molar-refractivity contribution >= 4 is 24.0 Å². The molecule has 0 heterocycles. The summed E-state index contributed by atoms with van der Waals surface area (Å²) in [7, 11) is 0. The van der Waals surface area contributed by atoms with Gasteiger partial charge in [-0.3, -0.25) is 4.79 Å². The summed E-state index contributed by atoms with van der Waals surface area (Å²) in [5, 5.41) is 0. The van der Waals surface area contributed by atoms with Crippen molar-refractivity contribution in [2.75, 3.05) is 12.3 Å². The number of carbonyl (C=O) groups is 1. The molecule has 1 atom stereocenters. The molecule has 2 N–H and O–H groups in total. The summed E-state index contributed by atoms with van der Waals surface area (Å²) in [5.41, 5.74) is 6.28. The van der Waals surface area contributed by atoms with Crippen molar-refractivity contribution in [1.29, 1.82) is 0 Å². The van der Waals surface area contributed by atoms with Crippen molar-refractivity contribution in [3.05, 3.63) is 65.2 Å². The minimum Gasteiger partial charge on any atom is -0.399 e. The molecule has 0 aliphatic carbocycles. The number of nitrogens with zero attached hydrogens (tertiary/aromatic N) is 1. The number of nitrogens with two attached hydrogens (primary N) is 1. The monoisotopic (exact) mass is 372 g/mol. The summed E-state index contributed by atoms with van der Waals surface area (Å²) in [6, 6.07) is 11.1. The number of carbonyl (C=O) groups excluding carboxylic acids is 1. The maximum absolute atomic E-state index is 12.9. The molecule has 7 heteroatoms. The Hall–Kier alpha value is -2.21. The van der Waals surface area contributed by atoms with Gasteiger partial charge in [-0.25, -0.2) is 0 Å². The van der Waals surface area contributed by atoms with Gasteiger partial charge in [0.15, 0.2) is 0 Å². The molecule has 0 aromatic heterocycles. The summed E-state index contributed by atoms with van der Waals surface area (Å²) < 4.78 is 38.7. The Labute approximate surface area is 151 Å². The van der Waals surface area contributed by atoms with Crippen LogP contribution in [0.4, 0.5) is 18.9 Å². The molecule has 1 unspecified atom stereocenters. The Kier molecular flexibility index (Phi) is 6.87. The molecular weight excluding hydrogens is 353 g/mol. The van der Waals surface area contributed by atoms with Crippen molar-refractivity contribution < 1.29 is 18.0 Å². The van der Waals surface area contributed by atoms with Gasteiger partial charge in [0.2, 0.25) is 0 Å². The summed E-state index contributed by atoms with van der Waals surface area (Å²) in [6.45, 7) is 3.86. The quantitative estimate of drug-likeness (QED) is 0.773. The molecule has 0 spiro atoms. The molecule has 0 aliphatic rings. The fourth-order valence-electron chi connectivity index (χ4n) is 2.59. The zero-order valence-electron chi connectivity index (χ0n) is 13.9. The smallest absolute Gasteiger partial charge is 0.399 e. The molecule has 25 heavy (non-hydrogen) atoms. The van der Waals surface area contributed by atoms with Crippen molar-refractivity contribution in [2.24, 2.45) is 0 Å². The lowest BCUT2D eigenvalue weighted by Gasteiger charge is -2.29. The Morgan fingerprint density at radius 2 is 1.80 bits per heavy atom. The normalized spacial score (nSPS) is 12.2. The van der Waals surface area contributed by atoms with Crippen molar-refractivity contribution in [3.8, 4) is 0 Å². The molecule has 0 saturated heterocycles. The first-order chi connectivity index (χ1) is 11.2. The average Bonchev–Trinajstić information content (AvgIpc) is 2.54. The molecule has 2 rings (SSSR count). The lowest BCUT2D eigenvalue weighted by Crippen LogP contribution is -2.33. The van der Waals surface area contributed by atoms with Gasteiger partial charge in [-0.15, -0.1) is 12.4 Å². The van der Waals surface area contributed by atoms with Gasteiger partial charge < -0.3 is 10.6 Å². The van der Waals surface area contributed by atoms with Crippen LogP contribution >= 0.6 is 12.4 Å². The third-order valence-corrected chi connectivity index (χ3v) is 3.90. The van der Waals surface area contributed by atoms with Crippen LogP contribution < -0.4 is 5.73 Å². The van der Waals surface area contributed by atoms with E-state index in [0.717, 1.165) is 12.1 Å². The molecule has 0 bridgehead atoms. The molecule has 136 valence electrons. The number of alkyl halides is 3. The van der Waals surface area contributed by atoms with Gasteiger partial charge in [0, 0.05) is 17.8 Å². The molecule has 2 aromatic rings. The SMILES string of the molecule is CCN(C(=O)c1cccc(N)c1)C(C)c1cccc(C(F)(F)F)c1.Cl. The summed E-state index contributed by atoms with van der Waals surface area (Å²) in [4.78, 5) is 14.2. The van der Waals surface area contributed by atoms with Crippen LogP contribution in [0.1, 0.15) is 41.4 Å². The van der Waals surface area contributed by atoms with E-state index in [1.807, 2.05) is 0 Å². The molecule has 1 amide bonds. The second-order valence-electron chi connectivity index (χ2n) is 5.52. The highest BCUT2D eigenvalue weighted by molar-refractivity contribution is 5.95. The lowest BCUT2D eigenvalue weighted by atomic mass is 10.0. The van der Waals surface area contributed by atoms with Crippen LogP contribution in [0.5, 0.6) is 0 Å². The predicted molar refractivity (Wildman–Crippen MR) is 94.7 cm³/mol. The first kappa shape index (κ1) is 20.8. The number of nitrogen functional groups attached to an aromatic ring is 1. The number of hydrogen-bond acceptors (Lipinski definition) is 2. The van der Waals surface area contributed by atoms with E-state index in [0.29, 0.717) is 23.4 Å². The Morgan fingerprint density at radius 1 is 1.16 bits per heavy atom. The van der Waals surface area contributed by atoms with Gasteiger partial charge in [0.25, 0.3) is 5.91 Å². The van der Waals surface area contributed by atoms with Gasteiger partial charge in [0.05, 0.1) is 11.6 Å². The first-order valence-electron chi connectivity index (χ1n) is 7.57. The maximum Gasteiger partial charge on any atom is 0.416 e. The maximum atomic E-state index is 12.9. The Bertz CT molecular complexity index is 734. The summed E-state index contributed by atoms with van der Waals surface area (Å²) in [5.74, 6) is -0.269. The second-order valence-corrected chi connectivity index (χ2v) is 5.52. The van der Waals surface area contributed by atoms with Gasteiger partial charge in [-0.2, -0.15) is 13.2 Å². The third-order valence-electron chi connectivity index (χ3n) is 3.90. The standard InChI is InChI=1S/C18H19F3N2O.ClH/c1-3-23(17(24)14-7-5-9-16(22)11-14)12(2)13-6-4-8-15(10-13)18(19,20)21;/h4-12H,3,22H2,1-2H3;1H. The van der Waals surface area contributed by atoms with E-state index >= 15 is 0 Å². The van der Waals surface area contributed by atoms with Crippen LogP contribution in [-0.2, 0) is 6.18 Å². The molecule has 2 aromatic carbocycles. The van der Waals surface area contributed by atoms with Crippen LogP contribution in [0, 0.1) is 0 Å². The number of benzene rings is 2. The van der Waals surface area contributed by atoms with E-state index in [2.05, 4.69) is 0 Å². The van der Waals surface area contributed by atoms with Crippen molar-refractivity contribution in [1.82, 2.24) is 4.90 Å². The average molecular weight is 373 g/mol. The summed E-state index contributed by atoms with van der Waals surface area (Å²) >= 11 is 0. The van der Waals surface area contributed by atoms with Gasteiger partial charge >= 0.3 is 6.18 Å². The number of anilines is 1. The number of amides is 1. The van der Waals surface area contributed by atoms with Gasteiger partial charge in [0.1, 0.15) is 0 Å². The number of hydrogen-bond donors (Lipinski definition) is 1. The zero-order chi connectivity index (χ0) is 17.9. The highest BCUT2D eigenvalue weighted by atomic mass is 35.5. The second kappa shape index (κ2) is 8.25. The van der Waals surface area contributed by atoms with E-state index in [1.165, 1.54) is 11.0 Å². The van der Waals surface area contributed by atoms with Crippen LogP contribution in [0.15, 0.2) is 48.5 Å². The van der Waals surface area contributed by atoms with E-state index in [1.54, 1.807) is 44.2 Å². The minimum absolute atomic E-state index is 0. The molecular formula is C18H20ClF3N2O. The molecule has 0 radical (unpaired) electrons. The van der Waals surface area contributed by atoms with E-state index < -0.39 is 17.8 Å².